The first-order valence-corrected chi connectivity index (χ1v) is 11.2. The number of alkyl halides is 3. The van der Waals surface area contributed by atoms with Crippen LogP contribution in [0.15, 0.2) is 10.6 Å². The molecule has 1 N–H and O–H groups in total. The van der Waals surface area contributed by atoms with Crippen LogP contribution in [0.5, 0.6) is 0 Å². The average Bonchev–Trinajstić information content (AvgIpc) is 3.50. The molecule has 4 heterocycles. The Morgan fingerprint density at radius 3 is 2.76 bits per heavy atom. The Morgan fingerprint density at radius 1 is 1.24 bits per heavy atom. The molecular weight excluding hydrogens is 443 g/mol. The van der Waals surface area contributed by atoms with Crippen molar-refractivity contribution in [1.29, 1.82) is 0 Å². The molecule has 3 aliphatic rings. The zero-order valence-electron chi connectivity index (χ0n) is 18.2. The van der Waals surface area contributed by atoms with Crippen molar-refractivity contribution in [3.05, 3.63) is 28.8 Å². The second-order valence-corrected chi connectivity index (χ2v) is 8.78. The maximum Gasteiger partial charge on any atom is 0.420 e. The highest BCUT2D eigenvalue weighted by Crippen LogP contribution is 2.48. The second-order valence-electron chi connectivity index (χ2n) is 8.78. The van der Waals surface area contributed by atoms with Gasteiger partial charge in [-0.15, -0.1) is 0 Å². The minimum absolute atomic E-state index is 0.111. The summed E-state index contributed by atoms with van der Waals surface area (Å²) in [6, 6.07) is 0. The van der Waals surface area contributed by atoms with E-state index < -0.39 is 23.4 Å². The number of fused-ring (bicyclic) bond motifs is 3. The van der Waals surface area contributed by atoms with Gasteiger partial charge in [0.2, 0.25) is 5.76 Å². The first-order chi connectivity index (χ1) is 15.8. The minimum atomic E-state index is -4.78. The van der Waals surface area contributed by atoms with Crippen molar-refractivity contribution in [2.75, 3.05) is 33.0 Å². The van der Waals surface area contributed by atoms with E-state index in [4.69, 9.17) is 18.6 Å². The van der Waals surface area contributed by atoms with E-state index in [0.717, 1.165) is 12.8 Å². The number of nitrogens with zero attached hydrogens (tertiary/aromatic N) is 2. The van der Waals surface area contributed by atoms with Gasteiger partial charge in [-0.25, -0.2) is 0 Å². The van der Waals surface area contributed by atoms with Crippen LogP contribution in [0.4, 0.5) is 13.2 Å². The SMILES string of the molecule is C[C@@H]1Cc2oc(C(=O)NC[C@@H]3CCCO3)c(C(F)(F)F)c2-c2nn(C[C@H]3COCCO3)cc21. The minimum Gasteiger partial charge on any atom is -0.455 e. The summed E-state index contributed by atoms with van der Waals surface area (Å²) in [7, 11) is 0. The van der Waals surface area contributed by atoms with Gasteiger partial charge in [-0.05, 0) is 18.8 Å². The van der Waals surface area contributed by atoms with Crippen molar-refractivity contribution < 1.29 is 36.6 Å². The second kappa shape index (κ2) is 8.77. The van der Waals surface area contributed by atoms with Crippen LogP contribution in [0.1, 0.15) is 53.1 Å². The lowest BCUT2D eigenvalue weighted by molar-refractivity contribution is -0.137. The predicted octanol–water partition coefficient (Wildman–Crippen LogP) is 3.15. The van der Waals surface area contributed by atoms with E-state index in [2.05, 4.69) is 10.4 Å². The lowest BCUT2D eigenvalue weighted by Gasteiger charge is -2.22. The molecule has 11 heteroatoms. The number of ether oxygens (including phenoxy) is 3. The molecule has 0 spiro atoms. The summed E-state index contributed by atoms with van der Waals surface area (Å²) in [6.07, 6.45) is -1.57. The zero-order chi connectivity index (χ0) is 23.2. The third-order valence-electron chi connectivity index (χ3n) is 6.31. The third-order valence-corrected chi connectivity index (χ3v) is 6.31. The van der Waals surface area contributed by atoms with E-state index in [9.17, 15) is 18.0 Å². The highest BCUT2D eigenvalue weighted by atomic mass is 19.4. The summed E-state index contributed by atoms with van der Waals surface area (Å²) in [5.41, 5.74) is -0.318. The lowest BCUT2D eigenvalue weighted by Crippen LogP contribution is -2.32. The van der Waals surface area contributed by atoms with Gasteiger partial charge in [-0.2, -0.15) is 18.3 Å². The molecule has 1 amide bonds. The zero-order valence-corrected chi connectivity index (χ0v) is 18.2. The van der Waals surface area contributed by atoms with Crippen molar-refractivity contribution in [2.24, 2.45) is 0 Å². The van der Waals surface area contributed by atoms with Crippen molar-refractivity contribution in [2.45, 2.75) is 57.0 Å². The number of nitrogens with one attached hydrogen (secondary N) is 1. The van der Waals surface area contributed by atoms with Crippen molar-refractivity contribution >= 4 is 5.91 Å². The number of halogens is 3. The van der Waals surface area contributed by atoms with E-state index in [1.54, 1.807) is 10.9 Å². The molecule has 2 aromatic rings. The van der Waals surface area contributed by atoms with Crippen molar-refractivity contribution in [1.82, 2.24) is 15.1 Å². The topological polar surface area (TPSA) is 87.8 Å². The van der Waals surface area contributed by atoms with Crippen LogP contribution in [0.25, 0.3) is 11.3 Å². The number of carbonyl (C=O) groups is 1. The molecule has 3 atom stereocenters. The van der Waals surface area contributed by atoms with Crippen LogP contribution in [0.2, 0.25) is 0 Å². The molecular formula is C22H26F3N3O5. The standard InChI is InChI=1S/C22H26F3N3O5/c1-12-7-16-17(19-15(12)10-28(27-19)9-14-11-30-5-6-32-14)18(22(23,24)25)20(33-16)21(29)26-8-13-3-2-4-31-13/h10,12-14H,2-9,11H2,1H3,(H,26,29)/t12-,13+,14+/m1/s1. The van der Waals surface area contributed by atoms with Crippen LogP contribution >= 0.6 is 0 Å². The number of amides is 1. The van der Waals surface area contributed by atoms with Crippen LogP contribution in [-0.4, -0.2) is 60.9 Å². The fourth-order valence-corrected chi connectivity index (χ4v) is 4.72. The van der Waals surface area contributed by atoms with E-state index in [-0.39, 0.29) is 48.1 Å². The van der Waals surface area contributed by atoms with Gasteiger partial charge >= 0.3 is 6.18 Å². The first-order valence-electron chi connectivity index (χ1n) is 11.2. The van der Waals surface area contributed by atoms with Crippen LogP contribution in [0.3, 0.4) is 0 Å². The summed E-state index contributed by atoms with van der Waals surface area (Å²) in [6.45, 7) is 4.39. The smallest absolute Gasteiger partial charge is 0.420 e. The van der Waals surface area contributed by atoms with Crippen LogP contribution < -0.4 is 5.32 Å². The average molecular weight is 469 g/mol. The van der Waals surface area contributed by atoms with Crippen molar-refractivity contribution in [3.63, 3.8) is 0 Å². The largest absolute Gasteiger partial charge is 0.455 e. The number of hydrogen-bond acceptors (Lipinski definition) is 6. The summed E-state index contributed by atoms with van der Waals surface area (Å²) in [5, 5.41) is 7.01. The summed E-state index contributed by atoms with van der Waals surface area (Å²) < 4.78 is 66.3. The normalized spacial score (nSPS) is 25.0. The van der Waals surface area contributed by atoms with E-state index in [1.165, 1.54) is 0 Å². The molecule has 5 rings (SSSR count). The highest BCUT2D eigenvalue weighted by Gasteiger charge is 2.46. The molecule has 2 fully saturated rings. The molecule has 180 valence electrons. The summed E-state index contributed by atoms with van der Waals surface area (Å²) >= 11 is 0. The molecule has 0 saturated carbocycles. The molecule has 0 bridgehead atoms. The molecule has 2 saturated heterocycles. The van der Waals surface area contributed by atoms with E-state index >= 15 is 0 Å². The number of rotatable bonds is 5. The van der Waals surface area contributed by atoms with Gasteiger partial charge in [0.1, 0.15) is 17.4 Å². The lowest BCUT2D eigenvalue weighted by atomic mass is 9.86. The number of carbonyl (C=O) groups excluding carboxylic acids is 1. The Labute approximate surface area is 188 Å². The Kier molecular flexibility index (Phi) is 5.96. The molecule has 0 radical (unpaired) electrons. The van der Waals surface area contributed by atoms with Gasteiger partial charge in [0.05, 0.1) is 43.7 Å². The van der Waals surface area contributed by atoms with Gasteiger partial charge in [-0.1, -0.05) is 6.92 Å². The van der Waals surface area contributed by atoms with Gasteiger partial charge < -0.3 is 23.9 Å². The monoisotopic (exact) mass is 469 g/mol. The van der Waals surface area contributed by atoms with Gasteiger partial charge in [-0.3, -0.25) is 9.48 Å². The van der Waals surface area contributed by atoms with Gasteiger partial charge in [0.25, 0.3) is 5.91 Å². The van der Waals surface area contributed by atoms with Gasteiger partial charge in [0, 0.05) is 31.3 Å². The molecule has 0 unspecified atom stereocenters. The molecule has 2 aliphatic heterocycles. The molecule has 33 heavy (non-hydrogen) atoms. The third kappa shape index (κ3) is 4.41. The Hall–Kier alpha value is -2.37. The fraction of sp³-hybridized carbons (Fsp3) is 0.636. The quantitative estimate of drug-likeness (QED) is 0.724. The van der Waals surface area contributed by atoms with Gasteiger partial charge in [0.15, 0.2) is 0 Å². The van der Waals surface area contributed by atoms with E-state index in [0.29, 0.717) is 38.5 Å². The molecule has 0 aromatic carbocycles. The van der Waals surface area contributed by atoms with Crippen molar-refractivity contribution in [3.8, 4) is 11.3 Å². The fourth-order valence-electron chi connectivity index (χ4n) is 4.72. The Morgan fingerprint density at radius 2 is 2.06 bits per heavy atom. The molecule has 8 nitrogen and oxygen atoms in total. The van der Waals surface area contributed by atoms with Crippen LogP contribution in [0, 0.1) is 0 Å². The molecule has 1 aliphatic carbocycles. The number of hydrogen-bond donors (Lipinski definition) is 1. The Bertz CT molecular complexity index is 1020. The maximum atomic E-state index is 14.2. The van der Waals surface area contributed by atoms with Crippen LogP contribution in [-0.2, 0) is 33.4 Å². The number of aromatic nitrogens is 2. The maximum absolute atomic E-state index is 14.2. The summed E-state index contributed by atoms with van der Waals surface area (Å²) in [4.78, 5) is 12.7. The van der Waals surface area contributed by atoms with E-state index in [1.807, 2.05) is 6.92 Å². The predicted molar refractivity (Wildman–Crippen MR) is 109 cm³/mol. The molecule has 2 aromatic heterocycles. The highest BCUT2D eigenvalue weighted by molar-refractivity contribution is 5.96. The Balaban J connectivity index is 1.48. The number of furan rings is 1. The first kappa shape index (κ1) is 22.4. The summed E-state index contributed by atoms with van der Waals surface area (Å²) in [5.74, 6) is -1.59.